The van der Waals surface area contributed by atoms with Gasteiger partial charge in [0.25, 0.3) is 0 Å². The van der Waals surface area contributed by atoms with E-state index in [0.717, 1.165) is 0 Å². The molecule has 1 unspecified atom stereocenters. The lowest BCUT2D eigenvalue weighted by Crippen LogP contribution is -2.10. The summed E-state index contributed by atoms with van der Waals surface area (Å²) in [5, 5.41) is 0. The minimum absolute atomic E-state index is 0.509. The zero-order chi connectivity index (χ0) is 11.4. The molecule has 92 valence electrons. The van der Waals surface area contributed by atoms with Crippen molar-refractivity contribution in [3.8, 4) is 0 Å². The van der Waals surface area contributed by atoms with E-state index < -0.39 is 0 Å². The van der Waals surface area contributed by atoms with Crippen LogP contribution >= 0.6 is 19.3 Å². The second-order valence-electron chi connectivity index (χ2n) is 3.97. The summed E-state index contributed by atoms with van der Waals surface area (Å²) in [6.45, 7) is 9.28. The molecular formula is C12H29NPS+. The fourth-order valence-electron chi connectivity index (χ4n) is 1.50. The summed E-state index contributed by atoms with van der Waals surface area (Å²) in [4.78, 5) is 0. The Morgan fingerprint density at radius 1 is 0.867 bits per heavy atom. The Labute approximate surface area is 102 Å². The van der Waals surface area contributed by atoms with Crippen molar-refractivity contribution in [2.75, 3.05) is 18.8 Å². The van der Waals surface area contributed by atoms with E-state index in [4.69, 9.17) is 0 Å². The van der Waals surface area contributed by atoms with Crippen molar-refractivity contribution < 1.29 is 0 Å². The van der Waals surface area contributed by atoms with Gasteiger partial charge in [-0.15, -0.1) is 0 Å². The highest BCUT2D eigenvalue weighted by Gasteiger charge is 2.05. The van der Waals surface area contributed by atoms with Gasteiger partial charge in [0.1, 0.15) is 7.93 Å². The molecule has 0 saturated carbocycles. The van der Waals surface area contributed by atoms with Crippen LogP contribution in [0.5, 0.6) is 0 Å². The van der Waals surface area contributed by atoms with Gasteiger partial charge in [-0.25, -0.2) is 0 Å². The molecule has 0 heterocycles. The molecule has 0 N–H and O–H groups in total. The molecule has 0 aromatic rings. The van der Waals surface area contributed by atoms with Crippen LogP contribution in [0.2, 0.25) is 0 Å². The van der Waals surface area contributed by atoms with Crippen molar-refractivity contribution in [2.45, 2.75) is 59.3 Å². The third-order valence-corrected chi connectivity index (χ3v) is 6.40. The fourth-order valence-corrected chi connectivity index (χ4v) is 4.82. The Morgan fingerprint density at radius 3 is 2.07 bits per heavy atom. The first kappa shape index (κ1) is 15.7. The lowest BCUT2D eigenvalue weighted by molar-refractivity contribution is 0.522. The third kappa shape index (κ3) is 11.0. The van der Waals surface area contributed by atoms with Gasteiger partial charge >= 0.3 is 0 Å². The largest absolute Gasteiger partial charge is 0.174 e. The van der Waals surface area contributed by atoms with Crippen molar-refractivity contribution >= 4 is 19.3 Å². The first-order valence-electron chi connectivity index (χ1n) is 6.54. The maximum Gasteiger partial charge on any atom is 0.116 e. The van der Waals surface area contributed by atoms with Crippen molar-refractivity contribution in [3.05, 3.63) is 0 Å². The molecule has 0 aliphatic rings. The predicted molar refractivity (Wildman–Crippen MR) is 78.5 cm³/mol. The van der Waals surface area contributed by atoms with Crippen LogP contribution in [0.15, 0.2) is 0 Å². The molecule has 0 saturated heterocycles. The summed E-state index contributed by atoms with van der Waals surface area (Å²) >= 11 is 2.18. The van der Waals surface area contributed by atoms with E-state index >= 15 is 0 Å². The maximum absolute atomic E-state index is 2.57. The highest BCUT2D eigenvalue weighted by molar-refractivity contribution is 8.48. The van der Waals surface area contributed by atoms with Gasteiger partial charge in [-0.2, -0.15) is 4.67 Å². The molecule has 3 heteroatoms. The summed E-state index contributed by atoms with van der Waals surface area (Å²) < 4.78 is 2.57. The maximum atomic E-state index is 2.57. The minimum atomic E-state index is 0.509. The van der Waals surface area contributed by atoms with Gasteiger partial charge in [0.05, 0.1) is 0 Å². The Hall–Kier alpha value is 0.740. The van der Waals surface area contributed by atoms with Crippen LogP contribution in [0.3, 0.4) is 0 Å². The number of hydrogen-bond donors (Lipinski definition) is 0. The van der Waals surface area contributed by atoms with Gasteiger partial charge < -0.3 is 0 Å². The lowest BCUT2D eigenvalue weighted by Gasteiger charge is -2.09. The summed E-state index contributed by atoms with van der Waals surface area (Å²) in [5.74, 6) is 1.39. The molecule has 1 nitrogen and oxygen atoms in total. The molecule has 0 aliphatic carbocycles. The van der Waals surface area contributed by atoms with Gasteiger partial charge in [-0.1, -0.05) is 39.0 Å². The summed E-state index contributed by atoms with van der Waals surface area (Å²) in [6, 6.07) is 0. The van der Waals surface area contributed by atoms with Crippen molar-refractivity contribution in [2.24, 2.45) is 0 Å². The minimum Gasteiger partial charge on any atom is -0.174 e. The van der Waals surface area contributed by atoms with Gasteiger partial charge in [0.2, 0.25) is 0 Å². The number of unbranched alkanes of at least 4 members (excludes halogenated alkanes) is 5. The average Bonchev–Trinajstić information content (AvgIpc) is 2.27. The van der Waals surface area contributed by atoms with E-state index in [1.165, 1.54) is 57.4 Å². The average molecular weight is 250 g/mol. The molecule has 0 spiro atoms. The number of rotatable bonds is 11. The quantitative estimate of drug-likeness (QED) is 0.387. The standard InChI is InChI=1S/C12H28NPS/c1-4-7-8-9-10-11-12-15-14-13(5-2)6-3/h14H,4-12H2,1-3H3/p+1. The Kier molecular flexibility index (Phi) is 13.4. The van der Waals surface area contributed by atoms with E-state index in [9.17, 15) is 0 Å². The first-order valence-corrected chi connectivity index (χ1v) is 9.52. The van der Waals surface area contributed by atoms with Gasteiger partial charge in [0, 0.05) is 30.2 Å². The lowest BCUT2D eigenvalue weighted by atomic mass is 10.1. The molecule has 0 amide bonds. The molecule has 0 radical (unpaired) electrons. The highest BCUT2D eigenvalue weighted by atomic mass is 32.7. The number of nitrogens with zero attached hydrogens (tertiary/aromatic N) is 1. The summed E-state index contributed by atoms with van der Waals surface area (Å²) in [5.41, 5.74) is 0. The Bertz CT molecular complexity index is 118. The van der Waals surface area contributed by atoms with Crippen LogP contribution in [-0.4, -0.2) is 23.5 Å². The topological polar surface area (TPSA) is 3.24 Å². The molecule has 0 aliphatic heterocycles. The zero-order valence-electron chi connectivity index (χ0n) is 10.8. The van der Waals surface area contributed by atoms with Gasteiger partial charge in [-0.3, -0.25) is 0 Å². The van der Waals surface area contributed by atoms with E-state index in [-0.39, 0.29) is 0 Å². The third-order valence-electron chi connectivity index (χ3n) is 2.65. The molecule has 1 atom stereocenters. The molecule has 0 fully saturated rings. The van der Waals surface area contributed by atoms with Crippen LogP contribution in [0.25, 0.3) is 0 Å². The van der Waals surface area contributed by atoms with Crippen molar-refractivity contribution in [1.82, 2.24) is 4.67 Å². The SMILES string of the molecule is CCCCCCCCS[PH2+]N(CC)CC. The Morgan fingerprint density at radius 2 is 1.47 bits per heavy atom. The van der Waals surface area contributed by atoms with Gasteiger partial charge in [-0.05, 0) is 20.3 Å². The summed E-state index contributed by atoms with van der Waals surface area (Å²) in [6.07, 6.45) is 8.57. The monoisotopic (exact) mass is 250 g/mol. The zero-order valence-corrected chi connectivity index (χ0v) is 12.8. The Balaban J connectivity index is 3.04. The van der Waals surface area contributed by atoms with Crippen LogP contribution in [0.1, 0.15) is 59.3 Å². The van der Waals surface area contributed by atoms with Crippen molar-refractivity contribution in [1.29, 1.82) is 0 Å². The van der Waals surface area contributed by atoms with E-state index in [1.807, 2.05) is 0 Å². The number of hydrogen-bond acceptors (Lipinski definition) is 2. The van der Waals surface area contributed by atoms with Crippen LogP contribution in [0, 0.1) is 0 Å². The van der Waals surface area contributed by atoms with Crippen LogP contribution in [-0.2, 0) is 0 Å². The van der Waals surface area contributed by atoms with Gasteiger partial charge in [0.15, 0.2) is 0 Å². The first-order chi connectivity index (χ1) is 7.35. The molecule has 0 aromatic heterocycles. The molecule has 0 aromatic carbocycles. The molecule has 0 bridgehead atoms. The fraction of sp³-hybridized carbons (Fsp3) is 1.00. The summed E-state index contributed by atoms with van der Waals surface area (Å²) in [7, 11) is 0.509. The van der Waals surface area contributed by atoms with E-state index in [0.29, 0.717) is 7.93 Å². The second kappa shape index (κ2) is 12.8. The predicted octanol–water partition coefficient (Wildman–Crippen LogP) is 4.66. The molecule has 0 rings (SSSR count). The molecular weight excluding hydrogens is 221 g/mol. The molecule has 15 heavy (non-hydrogen) atoms. The second-order valence-corrected chi connectivity index (χ2v) is 7.28. The van der Waals surface area contributed by atoms with Crippen LogP contribution < -0.4 is 0 Å². The highest BCUT2D eigenvalue weighted by Crippen LogP contribution is 2.33. The van der Waals surface area contributed by atoms with E-state index in [2.05, 4.69) is 36.8 Å². The van der Waals surface area contributed by atoms with Crippen molar-refractivity contribution in [3.63, 3.8) is 0 Å². The normalized spacial score (nSPS) is 12.0. The van der Waals surface area contributed by atoms with E-state index in [1.54, 1.807) is 0 Å². The van der Waals surface area contributed by atoms with Crippen LogP contribution in [0.4, 0.5) is 0 Å². The smallest absolute Gasteiger partial charge is 0.116 e.